The van der Waals surface area contributed by atoms with Crippen LogP contribution in [0.4, 0.5) is 5.69 Å². The van der Waals surface area contributed by atoms with E-state index >= 15 is 0 Å². The van der Waals surface area contributed by atoms with Crippen LogP contribution in [0.15, 0.2) is 40.2 Å². The van der Waals surface area contributed by atoms with Gasteiger partial charge in [0, 0.05) is 22.1 Å². The molecule has 1 heterocycles. The largest absolute Gasteiger partial charge is 0.365 e. The van der Waals surface area contributed by atoms with E-state index in [0.717, 1.165) is 15.7 Å². The molecule has 0 radical (unpaired) electrons. The standard InChI is InChI=1S/C15H17BrN2OS/c1-11-8-12(5-6-14(11)16)18(2)10-15(19)17-9-13-4-3-7-20-13/h3-8H,9-10H2,1-2H3,(H,17,19). The van der Waals surface area contributed by atoms with Crippen molar-refractivity contribution in [1.29, 1.82) is 0 Å². The van der Waals surface area contributed by atoms with Gasteiger partial charge in [0.05, 0.1) is 13.1 Å². The van der Waals surface area contributed by atoms with E-state index in [1.54, 1.807) is 11.3 Å². The molecule has 20 heavy (non-hydrogen) atoms. The van der Waals surface area contributed by atoms with Crippen LogP contribution >= 0.6 is 27.3 Å². The predicted molar refractivity (Wildman–Crippen MR) is 88.3 cm³/mol. The molecule has 0 spiro atoms. The second-order valence-electron chi connectivity index (χ2n) is 4.65. The molecule has 0 aliphatic carbocycles. The number of benzene rings is 1. The first-order valence-corrected chi connectivity index (χ1v) is 8.00. The Kier molecular flexibility index (Phi) is 5.20. The van der Waals surface area contributed by atoms with Crippen LogP contribution in [0.5, 0.6) is 0 Å². The molecule has 106 valence electrons. The maximum atomic E-state index is 11.9. The van der Waals surface area contributed by atoms with E-state index in [9.17, 15) is 4.79 Å². The summed E-state index contributed by atoms with van der Waals surface area (Å²) in [6.07, 6.45) is 0. The summed E-state index contributed by atoms with van der Waals surface area (Å²) in [5, 5.41) is 4.94. The smallest absolute Gasteiger partial charge is 0.239 e. The molecule has 0 saturated heterocycles. The molecular weight excluding hydrogens is 336 g/mol. The zero-order chi connectivity index (χ0) is 14.5. The van der Waals surface area contributed by atoms with E-state index in [2.05, 4.69) is 27.3 Å². The van der Waals surface area contributed by atoms with Crippen molar-refractivity contribution < 1.29 is 4.79 Å². The lowest BCUT2D eigenvalue weighted by Crippen LogP contribution is -2.34. The van der Waals surface area contributed by atoms with Gasteiger partial charge >= 0.3 is 0 Å². The van der Waals surface area contributed by atoms with Gasteiger partial charge in [-0.1, -0.05) is 22.0 Å². The first kappa shape index (κ1) is 15.1. The molecule has 1 aromatic carbocycles. The highest BCUT2D eigenvalue weighted by Crippen LogP contribution is 2.22. The van der Waals surface area contributed by atoms with E-state index in [4.69, 9.17) is 0 Å². The van der Waals surface area contributed by atoms with Crippen molar-refractivity contribution in [1.82, 2.24) is 5.32 Å². The van der Waals surface area contributed by atoms with Gasteiger partial charge in [-0.05, 0) is 42.1 Å². The van der Waals surface area contributed by atoms with Crippen LogP contribution in [0.2, 0.25) is 0 Å². The minimum atomic E-state index is 0.0291. The molecule has 1 N–H and O–H groups in total. The van der Waals surface area contributed by atoms with Gasteiger partial charge in [0.2, 0.25) is 5.91 Å². The minimum Gasteiger partial charge on any atom is -0.365 e. The van der Waals surface area contributed by atoms with Gasteiger partial charge in [0.15, 0.2) is 0 Å². The summed E-state index contributed by atoms with van der Waals surface area (Å²) in [4.78, 5) is 15.0. The summed E-state index contributed by atoms with van der Waals surface area (Å²) in [6.45, 7) is 2.99. The number of nitrogens with zero attached hydrogens (tertiary/aromatic N) is 1. The summed E-state index contributed by atoms with van der Waals surface area (Å²) in [7, 11) is 1.92. The number of carbonyl (C=O) groups excluding carboxylic acids is 1. The van der Waals surface area contributed by atoms with E-state index in [1.807, 2.05) is 48.5 Å². The third-order valence-electron chi connectivity index (χ3n) is 3.00. The van der Waals surface area contributed by atoms with Crippen LogP contribution in [-0.4, -0.2) is 19.5 Å². The molecule has 2 aromatic rings. The van der Waals surface area contributed by atoms with Gasteiger partial charge in [-0.15, -0.1) is 11.3 Å². The van der Waals surface area contributed by atoms with Crippen molar-refractivity contribution in [2.75, 3.05) is 18.5 Å². The highest BCUT2D eigenvalue weighted by Gasteiger charge is 2.08. The van der Waals surface area contributed by atoms with Crippen LogP contribution in [0.25, 0.3) is 0 Å². The number of halogens is 1. The average molecular weight is 353 g/mol. The Hall–Kier alpha value is -1.33. The average Bonchev–Trinajstić information content (AvgIpc) is 2.92. The number of aryl methyl sites for hydroxylation is 1. The highest BCUT2D eigenvalue weighted by atomic mass is 79.9. The highest BCUT2D eigenvalue weighted by molar-refractivity contribution is 9.10. The normalized spacial score (nSPS) is 10.3. The third-order valence-corrected chi connectivity index (χ3v) is 4.77. The Bertz CT molecular complexity index is 584. The van der Waals surface area contributed by atoms with Crippen molar-refractivity contribution in [3.63, 3.8) is 0 Å². The van der Waals surface area contributed by atoms with Crippen molar-refractivity contribution in [3.05, 3.63) is 50.6 Å². The summed E-state index contributed by atoms with van der Waals surface area (Å²) in [6, 6.07) is 10.1. The van der Waals surface area contributed by atoms with Gasteiger partial charge in [0.1, 0.15) is 0 Å². The first-order chi connectivity index (χ1) is 9.56. The fourth-order valence-corrected chi connectivity index (χ4v) is 2.72. The van der Waals surface area contributed by atoms with E-state index in [0.29, 0.717) is 13.1 Å². The molecule has 3 nitrogen and oxygen atoms in total. The third kappa shape index (κ3) is 4.08. The lowest BCUT2D eigenvalue weighted by Gasteiger charge is -2.19. The molecular formula is C15H17BrN2OS. The molecule has 0 aliphatic rings. The number of anilines is 1. The molecule has 1 amide bonds. The zero-order valence-electron chi connectivity index (χ0n) is 11.5. The summed E-state index contributed by atoms with van der Waals surface area (Å²) >= 11 is 5.13. The van der Waals surface area contributed by atoms with Gasteiger partial charge < -0.3 is 10.2 Å². The maximum absolute atomic E-state index is 11.9. The molecule has 2 rings (SSSR count). The summed E-state index contributed by atoms with van der Waals surface area (Å²) < 4.78 is 1.08. The molecule has 0 aliphatic heterocycles. The number of rotatable bonds is 5. The van der Waals surface area contributed by atoms with Crippen molar-refractivity contribution in [3.8, 4) is 0 Å². The van der Waals surface area contributed by atoms with Crippen LogP contribution in [0.1, 0.15) is 10.4 Å². The van der Waals surface area contributed by atoms with Gasteiger partial charge in [-0.2, -0.15) is 0 Å². The molecule has 1 aromatic heterocycles. The van der Waals surface area contributed by atoms with E-state index < -0.39 is 0 Å². The molecule has 0 bridgehead atoms. The van der Waals surface area contributed by atoms with Gasteiger partial charge in [-0.25, -0.2) is 0 Å². The number of likely N-dealkylation sites (N-methyl/N-ethyl adjacent to an activating group) is 1. The molecule has 0 atom stereocenters. The Morgan fingerprint density at radius 1 is 1.40 bits per heavy atom. The second kappa shape index (κ2) is 6.90. The second-order valence-corrected chi connectivity index (χ2v) is 6.53. The van der Waals surface area contributed by atoms with Crippen LogP contribution < -0.4 is 10.2 Å². The van der Waals surface area contributed by atoms with Crippen molar-refractivity contribution in [2.45, 2.75) is 13.5 Å². The van der Waals surface area contributed by atoms with Crippen LogP contribution in [0.3, 0.4) is 0 Å². The Balaban J connectivity index is 1.88. The lowest BCUT2D eigenvalue weighted by molar-refractivity contribution is -0.119. The number of thiophene rings is 1. The molecule has 0 saturated carbocycles. The van der Waals surface area contributed by atoms with E-state index in [-0.39, 0.29) is 5.91 Å². The Morgan fingerprint density at radius 2 is 2.20 bits per heavy atom. The van der Waals surface area contributed by atoms with Gasteiger partial charge in [0.25, 0.3) is 0 Å². The first-order valence-electron chi connectivity index (χ1n) is 6.32. The quantitative estimate of drug-likeness (QED) is 0.891. The number of hydrogen-bond donors (Lipinski definition) is 1. The molecule has 0 unspecified atom stereocenters. The minimum absolute atomic E-state index is 0.0291. The van der Waals surface area contributed by atoms with Crippen LogP contribution in [-0.2, 0) is 11.3 Å². The number of amides is 1. The van der Waals surface area contributed by atoms with Crippen molar-refractivity contribution in [2.24, 2.45) is 0 Å². The SMILES string of the molecule is Cc1cc(N(C)CC(=O)NCc2cccs2)ccc1Br. The summed E-state index contributed by atoms with van der Waals surface area (Å²) in [5.41, 5.74) is 2.20. The molecule has 5 heteroatoms. The maximum Gasteiger partial charge on any atom is 0.239 e. The summed E-state index contributed by atoms with van der Waals surface area (Å²) in [5.74, 6) is 0.0291. The fraction of sp³-hybridized carbons (Fsp3) is 0.267. The number of hydrogen-bond acceptors (Lipinski definition) is 3. The monoisotopic (exact) mass is 352 g/mol. The lowest BCUT2D eigenvalue weighted by atomic mass is 10.2. The Morgan fingerprint density at radius 3 is 2.85 bits per heavy atom. The number of nitrogens with one attached hydrogen (secondary N) is 1. The van der Waals surface area contributed by atoms with E-state index in [1.165, 1.54) is 4.88 Å². The zero-order valence-corrected chi connectivity index (χ0v) is 13.9. The Labute approximate surface area is 131 Å². The van der Waals surface area contributed by atoms with Crippen molar-refractivity contribution >= 4 is 38.9 Å². The fourth-order valence-electron chi connectivity index (χ4n) is 1.83. The molecule has 0 fully saturated rings. The number of carbonyl (C=O) groups is 1. The predicted octanol–water partition coefficient (Wildman–Crippen LogP) is 3.57. The van der Waals surface area contributed by atoms with Crippen LogP contribution in [0, 0.1) is 6.92 Å². The van der Waals surface area contributed by atoms with Gasteiger partial charge in [-0.3, -0.25) is 4.79 Å². The topological polar surface area (TPSA) is 32.3 Å².